The minimum atomic E-state index is -4.33. The maximum Gasteiger partial charge on any atom is 0.392 e. The highest BCUT2D eigenvalue weighted by molar-refractivity contribution is 5.64. The molecule has 0 radical (unpaired) electrons. The molecule has 0 saturated heterocycles. The molecule has 2 aromatic carbocycles. The predicted octanol–water partition coefficient (Wildman–Crippen LogP) is 8.05. The van der Waals surface area contributed by atoms with Gasteiger partial charge in [0.25, 0.3) is 0 Å². The number of hydrogen-bond acceptors (Lipinski definition) is 2. The van der Waals surface area contributed by atoms with Gasteiger partial charge in [0.05, 0.1) is 35.4 Å². The average molecular weight is 545 g/mol. The second-order valence-corrected chi connectivity index (χ2v) is 11.4. The molecule has 0 aliphatic heterocycles. The molecule has 40 heavy (non-hydrogen) atoms. The first-order chi connectivity index (χ1) is 19.2. The third kappa shape index (κ3) is 3.95. The standard InChI is InChI=1S/C32H28F4N4/c1-31-16-20-17-38-40(23-10-8-22(33)9-11-23)28(20)15-21(31)7-12-24-25(31)13-14-26(32(34,35)36)29(24)30-37-18-27(39-30)19-5-3-2-4-6-19/h2-6,8-11,13,15,17-18,24,26,29H,7,12,14,16H2,1H3,(H,37,39)/t24?,26-,29-,31+/m1/s1. The number of aromatic nitrogens is 4. The van der Waals surface area contributed by atoms with E-state index in [2.05, 4.69) is 28.1 Å². The van der Waals surface area contributed by atoms with Crippen molar-refractivity contribution in [2.75, 3.05) is 0 Å². The highest BCUT2D eigenvalue weighted by Gasteiger charge is 2.55. The van der Waals surface area contributed by atoms with E-state index in [-0.39, 0.29) is 18.2 Å². The van der Waals surface area contributed by atoms with Crippen molar-refractivity contribution in [3.63, 3.8) is 0 Å². The molecule has 1 fully saturated rings. The fraction of sp³-hybridized carbons (Fsp3) is 0.312. The molecule has 1 N–H and O–H groups in total. The highest BCUT2D eigenvalue weighted by Crippen LogP contribution is 2.60. The fourth-order valence-electron chi connectivity index (χ4n) is 7.22. The van der Waals surface area contributed by atoms with Crippen LogP contribution < -0.4 is 0 Å². The number of alkyl halides is 3. The molecule has 1 saturated carbocycles. The van der Waals surface area contributed by atoms with E-state index in [0.717, 1.165) is 33.8 Å². The van der Waals surface area contributed by atoms with Crippen LogP contribution in [0.2, 0.25) is 0 Å². The summed E-state index contributed by atoms with van der Waals surface area (Å²) in [5, 5.41) is 4.60. The van der Waals surface area contributed by atoms with Crippen molar-refractivity contribution in [2.45, 2.75) is 44.7 Å². The molecule has 0 spiro atoms. The molecular weight excluding hydrogens is 516 g/mol. The molecule has 1 unspecified atom stereocenters. The van der Waals surface area contributed by atoms with Gasteiger partial charge in [0, 0.05) is 11.3 Å². The molecule has 2 aromatic heterocycles. The van der Waals surface area contributed by atoms with Crippen LogP contribution in [-0.2, 0) is 6.42 Å². The number of aromatic amines is 1. The lowest BCUT2D eigenvalue weighted by Crippen LogP contribution is -2.44. The Bertz CT molecular complexity index is 1630. The molecule has 3 aliphatic rings. The topological polar surface area (TPSA) is 46.5 Å². The second-order valence-electron chi connectivity index (χ2n) is 11.4. The number of allylic oxidation sites excluding steroid dienone is 3. The Kier molecular flexibility index (Phi) is 5.67. The van der Waals surface area contributed by atoms with Crippen molar-refractivity contribution >= 4 is 6.08 Å². The van der Waals surface area contributed by atoms with Crippen molar-refractivity contribution in [1.29, 1.82) is 0 Å². The van der Waals surface area contributed by atoms with Crippen LogP contribution in [0.5, 0.6) is 0 Å². The summed E-state index contributed by atoms with van der Waals surface area (Å²) in [4.78, 5) is 7.81. The van der Waals surface area contributed by atoms with Crippen molar-refractivity contribution < 1.29 is 17.6 Å². The minimum Gasteiger partial charge on any atom is -0.342 e. The van der Waals surface area contributed by atoms with E-state index >= 15 is 0 Å². The van der Waals surface area contributed by atoms with Gasteiger partial charge in [0.2, 0.25) is 0 Å². The fourth-order valence-corrected chi connectivity index (χ4v) is 7.22. The minimum absolute atomic E-state index is 0.0636. The van der Waals surface area contributed by atoms with Gasteiger partial charge in [-0.1, -0.05) is 54.5 Å². The molecule has 204 valence electrons. The highest BCUT2D eigenvalue weighted by atomic mass is 19.4. The van der Waals surface area contributed by atoms with Crippen LogP contribution in [0, 0.1) is 23.1 Å². The lowest BCUT2D eigenvalue weighted by atomic mass is 9.54. The van der Waals surface area contributed by atoms with E-state index in [9.17, 15) is 17.6 Å². The molecule has 8 heteroatoms. The van der Waals surface area contributed by atoms with Gasteiger partial charge in [-0.25, -0.2) is 14.1 Å². The predicted molar refractivity (Wildman–Crippen MR) is 145 cm³/mol. The van der Waals surface area contributed by atoms with E-state index in [0.29, 0.717) is 25.1 Å². The average Bonchev–Trinajstić information content (AvgIpc) is 3.59. The number of halogens is 4. The number of fused-ring (bicyclic) bond motifs is 4. The van der Waals surface area contributed by atoms with Gasteiger partial charge < -0.3 is 4.98 Å². The van der Waals surface area contributed by atoms with Crippen LogP contribution in [0.1, 0.15) is 49.2 Å². The summed E-state index contributed by atoms with van der Waals surface area (Å²) in [7, 11) is 0. The van der Waals surface area contributed by atoms with Gasteiger partial charge in [-0.2, -0.15) is 18.3 Å². The molecule has 7 rings (SSSR count). The number of benzene rings is 2. The van der Waals surface area contributed by atoms with E-state index in [1.54, 1.807) is 18.3 Å². The zero-order chi connectivity index (χ0) is 27.6. The van der Waals surface area contributed by atoms with Crippen LogP contribution in [-0.4, -0.2) is 25.9 Å². The lowest BCUT2D eigenvalue weighted by Gasteiger charge is -2.50. The van der Waals surface area contributed by atoms with Gasteiger partial charge >= 0.3 is 6.18 Å². The normalized spacial score (nSPS) is 25.9. The number of rotatable bonds is 3. The monoisotopic (exact) mass is 544 g/mol. The molecular formula is C32H28F4N4. The number of H-pyrrole nitrogens is 1. The third-order valence-electron chi connectivity index (χ3n) is 9.16. The largest absolute Gasteiger partial charge is 0.392 e. The summed E-state index contributed by atoms with van der Waals surface area (Å²) < 4.78 is 58.7. The van der Waals surface area contributed by atoms with Gasteiger partial charge in [-0.05, 0) is 73.1 Å². The van der Waals surface area contributed by atoms with Crippen LogP contribution in [0.15, 0.2) is 84.2 Å². The van der Waals surface area contributed by atoms with Crippen molar-refractivity contribution in [3.05, 3.63) is 107 Å². The number of imidazole rings is 1. The smallest absolute Gasteiger partial charge is 0.342 e. The Morgan fingerprint density at radius 3 is 2.55 bits per heavy atom. The first kappa shape index (κ1) is 25.1. The third-order valence-corrected chi connectivity index (χ3v) is 9.16. The van der Waals surface area contributed by atoms with E-state index < -0.39 is 23.4 Å². The van der Waals surface area contributed by atoms with Gasteiger partial charge in [-0.15, -0.1) is 0 Å². The molecule has 2 heterocycles. The second kappa shape index (κ2) is 9.04. The maximum absolute atomic E-state index is 14.5. The Balaban J connectivity index is 1.27. The molecule has 3 aliphatic carbocycles. The summed E-state index contributed by atoms with van der Waals surface area (Å²) >= 11 is 0. The summed E-state index contributed by atoms with van der Waals surface area (Å²) in [5.74, 6) is -2.44. The quantitative estimate of drug-likeness (QED) is 0.210. The summed E-state index contributed by atoms with van der Waals surface area (Å²) in [6, 6.07) is 15.8. The zero-order valence-electron chi connectivity index (χ0n) is 21.9. The number of nitrogens with one attached hydrogen (secondary N) is 1. The molecule has 0 bridgehead atoms. The Labute approximate surface area is 229 Å². The maximum atomic E-state index is 14.5. The van der Waals surface area contributed by atoms with Crippen molar-refractivity contribution in [2.24, 2.45) is 17.3 Å². The first-order valence-electron chi connectivity index (χ1n) is 13.6. The van der Waals surface area contributed by atoms with Crippen LogP contribution >= 0.6 is 0 Å². The van der Waals surface area contributed by atoms with E-state index in [1.165, 1.54) is 17.7 Å². The van der Waals surface area contributed by atoms with E-state index in [1.807, 2.05) is 47.3 Å². The van der Waals surface area contributed by atoms with Crippen molar-refractivity contribution in [3.8, 4) is 16.9 Å². The summed E-state index contributed by atoms with van der Waals surface area (Å²) in [6.45, 7) is 2.16. The SMILES string of the molecule is C[C@]12Cc3cnn(-c4ccc(F)cc4)c3C=C1CCC1C2=CC[C@@H](C(F)(F)F)[C@@H]1c1ncc(-c2ccccc2)[nH]1. The Hall–Kier alpha value is -3.94. The molecule has 4 atom stereocenters. The van der Waals surface area contributed by atoms with Crippen molar-refractivity contribution in [1.82, 2.24) is 19.7 Å². The molecule has 4 nitrogen and oxygen atoms in total. The van der Waals surface area contributed by atoms with E-state index in [4.69, 9.17) is 0 Å². The Morgan fingerprint density at radius 1 is 1.02 bits per heavy atom. The summed E-state index contributed by atoms with van der Waals surface area (Å²) in [6.07, 6.45) is 5.08. The number of nitrogens with zero attached hydrogens (tertiary/aromatic N) is 3. The lowest BCUT2D eigenvalue weighted by molar-refractivity contribution is -0.186. The van der Waals surface area contributed by atoms with Gasteiger partial charge in [-0.3, -0.25) is 0 Å². The van der Waals surface area contributed by atoms with Gasteiger partial charge in [0.15, 0.2) is 0 Å². The van der Waals surface area contributed by atoms with Gasteiger partial charge in [0.1, 0.15) is 11.6 Å². The van der Waals surface area contributed by atoms with Crippen LogP contribution in [0.25, 0.3) is 23.0 Å². The summed E-state index contributed by atoms with van der Waals surface area (Å²) in [5.41, 5.74) is 6.28. The molecule has 4 aromatic rings. The van der Waals surface area contributed by atoms with Crippen LogP contribution in [0.3, 0.4) is 0 Å². The molecule has 0 amide bonds. The van der Waals surface area contributed by atoms with Crippen LogP contribution in [0.4, 0.5) is 17.6 Å². The first-order valence-corrected chi connectivity index (χ1v) is 13.6. The Morgan fingerprint density at radius 2 is 1.80 bits per heavy atom. The zero-order valence-corrected chi connectivity index (χ0v) is 21.9. The number of hydrogen-bond donors (Lipinski definition) is 1.